The lowest BCUT2D eigenvalue weighted by Gasteiger charge is -2.41. The predicted molar refractivity (Wildman–Crippen MR) is 101 cm³/mol. The van der Waals surface area contributed by atoms with Crippen molar-refractivity contribution in [3.8, 4) is 24.3 Å². The van der Waals surface area contributed by atoms with Crippen LogP contribution < -0.4 is 16.0 Å². The van der Waals surface area contributed by atoms with Gasteiger partial charge in [0.2, 0.25) is 0 Å². The van der Waals surface area contributed by atoms with Crippen molar-refractivity contribution in [2.24, 2.45) is 4.99 Å². The van der Waals surface area contributed by atoms with Gasteiger partial charge in [-0.3, -0.25) is 0 Å². The van der Waals surface area contributed by atoms with Gasteiger partial charge < -0.3 is 26.8 Å². The molecule has 3 atom stereocenters. The Labute approximate surface area is 169 Å². The second-order valence-electron chi connectivity index (χ2n) is 6.33. The molecule has 0 saturated carbocycles. The zero-order chi connectivity index (χ0) is 21.4. The number of aliphatic imine (C=N–C) groups is 1. The molecule has 1 aromatic rings. The van der Waals surface area contributed by atoms with Crippen LogP contribution in [0.5, 0.6) is 0 Å². The molecule has 0 aromatic carbocycles. The van der Waals surface area contributed by atoms with Crippen LogP contribution in [0.3, 0.4) is 0 Å². The van der Waals surface area contributed by atoms with Crippen LogP contribution in [0, 0.1) is 56.1 Å². The third-order valence-corrected chi connectivity index (χ3v) is 4.81. The van der Waals surface area contributed by atoms with E-state index in [0.29, 0.717) is 5.70 Å². The largest absolute Gasteiger partial charge is 0.371 e. The normalized spacial score (nSPS) is 23.2. The van der Waals surface area contributed by atoms with E-state index in [1.807, 2.05) is 24.3 Å². The van der Waals surface area contributed by atoms with Crippen LogP contribution in [0.4, 0.5) is 0 Å². The summed E-state index contributed by atoms with van der Waals surface area (Å²) in [6.45, 7) is 0. The standard InChI is InChI=1S/C18H10N12/c19-1-7-8(2-20)26-14-13(25-7)15-17(29-10(4-22)9(3-21)27-15)18-16(14)28-11(5-23)12(6-24)30-18/h1,3,7,15,17,19,21,25,27,29H. The molecule has 3 unspecified atom stereocenters. The summed E-state index contributed by atoms with van der Waals surface area (Å²) in [6, 6.07) is 5.52. The fourth-order valence-corrected chi connectivity index (χ4v) is 3.49. The fourth-order valence-electron chi connectivity index (χ4n) is 3.49. The Morgan fingerprint density at radius 1 is 0.867 bits per heavy atom. The highest BCUT2D eigenvalue weighted by Gasteiger charge is 2.44. The summed E-state index contributed by atoms with van der Waals surface area (Å²) in [4.78, 5) is 12.9. The average molecular weight is 394 g/mol. The zero-order valence-electron chi connectivity index (χ0n) is 15.0. The van der Waals surface area contributed by atoms with Gasteiger partial charge >= 0.3 is 0 Å². The van der Waals surface area contributed by atoms with E-state index in [9.17, 15) is 21.0 Å². The van der Waals surface area contributed by atoms with Crippen LogP contribution in [0.1, 0.15) is 28.8 Å². The summed E-state index contributed by atoms with van der Waals surface area (Å²) in [6.07, 6.45) is 2.02. The van der Waals surface area contributed by atoms with Gasteiger partial charge in [-0.2, -0.15) is 21.0 Å². The number of allylic oxidation sites excluding steroid dienone is 2. The van der Waals surface area contributed by atoms with Gasteiger partial charge in [-0.1, -0.05) is 0 Å². The number of rotatable bonds is 2. The van der Waals surface area contributed by atoms with E-state index in [0.717, 1.165) is 12.4 Å². The van der Waals surface area contributed by atoms with Crippen LogP contribution in [0.2, 0.25) is 0 Å². The Morgan fingerprint density at radius 2 is 1.60 bits per heavy atom. The molecule has 1 aliphatic carbocycles. The van der Waals surface area contributed by atoms with E-state index in [1.165, 1.54) is 0 Å². The summed E-state index contributed by atoms with van der Waals surface area (Å²) in [5.41, 5.74) is 1.18. The van der Waals surface area contributed by atoms with E-state index in [1.54, 1.807) is 0 Å². The molecular weight excluding hydrogens is 384 g/mol. The molecule has 3 heterocycles. The van der Waals surface area contributed by atoms with Crippen molar-refractivity contribution in [3.63, 3.8) is 0 Å². The van der Waals surface area contributed by atoms with Gasteiger partial charge in [-0.05, 0) is 0 Å². The van der Waals surface area contributed by atoms with E-state index in [4.69, 9.17) is 10.8 Å². The van der Waals surface area contributed by atoms with E-state index in [2.05, 4.69) is 30.9 Å². The summed E-state index contributed by atoms with van der Waals surface area (Å²) < 4.78 is 0. The first-order valence-corrected chi connectivity index (χ1v) is 8.50. The van der Waals surface area contributed by atoms with Crippen LogP contribution in [-0.4, -0.2) is 40.2 Å². The minimum atomic E-state index is -0.774. The number of hydrogen-bond acceptors (Lipinski definition) is 12. The Bertz CT molecular complexity index is 1270. The highest BCUT2D eigenvalue weighted by molar-refractivity contribution is 6.14. The Hall–Kier alpha value is -5.07. The molecular formula is C18H10N12. The Morgan fingerprint density at radius 3 is 2.20 bits per heavy atom. The molecule has 142 valence electrons. The van der Waals surface area contributed by atoms with Gasteiger partial charge in [-0.15, -0.1) is 0 Å². The number of nitrogens with zero attached hydrogens (tertiary/aromatic N) is 7. The van der Waals surface area contributed by atoms with Crippen molar-refractivity contribution in [2.75, 3.05) is 0 Å². The van der Waals surface area contributed by atoms with E-state index < -0.39 is 18.1 Å². The maximum Gasteiger partial charge on any atom is 0.177 e. The SMILES string of the molecule is N#CC1=NC2=C(NC1C=N)C1NC(C=N)=C(C#N)NC1c1nc(C#N)c(C#N)nc12. The third-order valence-electron chi connectivity index (χ3n) is 4.81. The Balaban J connectivity index is 2.02. The molecule has 0 radical (unpaired) electrons. The zero-order valence-corrected chi connectivity index (χ0v) is 15.0. The quantitative estimate of drug-likeness (QED) is 0.407. The Kier molecular flexibility index (Phi) is 4.16. The van der Waals surface area contributed by atoms with Crippen molar-refractivity contribution in [1.29, 1.82) is 31.9 Å². The summed E-state index contributed by atoms with van der Waals surface area (Å²) in [5.74, 6) is 0. The molecule has 0 bridgehead atoms. The summed E-state index contributed by atoms with van der Waals surface area (Å²) in [5, 5.41) is 61.9. The van der Waals surface area contributed by atoms with Crippen molar-refractivity contribution < 1.29 is 0 Å². The monoisotopic (exact) mass is 394 g/mol. The fraction of sp³-hybridized carbons (Fsp3) is 0.167. The second kappa shape index (κ2) is 6.83. The molecule has 0 fully saturated rings. The van der Waals surface area contributed by atoms with Crippen LogP contribution in [-0.2, 0) is 0 Å². The first-order chi connectivity index (χ1) is 14.6. The van der Waals surface area contributed by atoms with Gasteiger partial charge in [0.15, 0.2) is 11.4 Å². The van der Waals surface area contributed by atoms with Crippen molar-refractivity contribution in [2.45, 2.75) is 18.1 Å². The summed E-state index contributed by atoms with van der Waals surface area (Å²) >= 11 is 0. The molecule has 0 spiro atoms. The minimum absolute atomic E-state index is 0.0297. The molecule has 0 saturated heterocycles. The molecule has 2 aliphatic heterocycles. The van der Waals surface area contributed by atoms with Gasteiger partial charge in [0, 0.05) is 12.4 Å². The molecule has 0 amide bonds. The summed E-state index contributed by atoms with van der Waals surface area (Å²) in [7, 11) is 0. The van der Waals surface area contributed by atoms with Gasteiger partial charge in [0.25, 0.3) is 0 Å². The third kappa shape index (κ3) is 2.46. The predicted octanol–water partition coefficient (Wildman–Crippen LogP) is -0.525. The number of hydrogen-bond donors (Lipinski definition) is 5. The average Bonchev–Trinajstić information content (AvgIpc) is 2.81. The van der Waals surface area contributed by atoms with Gasteiger partial charge in [0.1, 0.15) is 53.1 Å². The number of aromatic nitrogens is 2. The maximum atomic E-state index is 9.43. The number of nitrogens with one attached hydrogen (secondary N) is 5. The molecule has 5 N–H and O–H groups in total. The van der Waals surface area contributed by atoms with Gasteiger partial charge in [-0.25, -0.2) is 15.0 Å². The highest BCUT2D eigenvalue weighted by atomic mass is 15.2. The molecule has 3 aliphatic rings. The van der Waals surface area contributed by atoms with E-state index in [-0.39, 0.29) is 45.6 Å². The number of fused-ring (bicyclic) bond motifs is 5. The highest BCUT2D eigenvalue weighted by Crippen LogP contribution is 2.39. The van der Waals surface area contributed by atoms with E-state index >= 15 is 0 Å². The van der Waals surface area contributed by atoms with Crippen LogP contribution >= 0.6 is 0 Å². The first-order valence-electron chi connectivity index (χ1n) is 8.50. The van der Waals surface area contributed by atoms with Crippen LogP contribution in [0.15, 0.2) is 22.1 Å². The maximum absolute atomic E-state index is 9.43. The lowest BCUT2D eigenvalue weighted by molar-refractivity contribution is 0.414. The van der Waals surface area contributed by atoms with Gasteiger partial charge in [0.05, 0.1) is 29.2 Å². The van der Waals surface area contributed by atoms with Crippen molar-refractivity contribution >= 4 is 23.8 Å². The van der Waals surface area contributed by atoms with Crippen molar-refractivity contribution in [3.05, 3.63) is 39.9 Å². The molecule has 12 nitrogen and oxygen atoms in total. The molecule has 1 aromatic heterocycles. The lowest BCUT2D eigenvalue weighted by atomic mass is 9.87. The molecule has 30 heavy (non-hydrogen) atoms. The first kappa shape index (κ1) is 18.3. The van der Waals surface area contributed by atoms with Crippen LogP contribution in [0.25, 0.3) is 5.70 Å². The smallest absolute Gasteiger partial charge is 0.177 e. The molecule has 4 rings (SSSR count). The topological polar surface area (TPSA) is 217 Å². The number of nitriles is 4. The van der Waals surface area contributed by atoms with Crippen molar-refractivity contribution in [1.82, 2.24) is 25.9 Å². The minimum Gasteiger partial charge on any atom is -0.371 e. The molecule has 12 heteroatoms. The second-order valence-corrected chi connectivity index (χ2v) is 6.33. The lowest BCUT2D eigenvalue weighted by Crippen LogP contribution is -2.56.